The number of carbonyl (C=O) groups excluding carboxylic acids is 1. The van der Waals surface area contributed by atoms with Crippen LogP contribution in [0.25, 0.3) is 0 Å². The lowest BCUT2D eigenvalue weighted by molar-refractivity contribution is 0.0945. The molecule has 18 heavy (non-hydrogen) atoms. The summed E-state index contributed by atoms with van der Waals surface area (Å²) in [6.45, 7) is 3.84. The minimum atomic E-state index is -0.162. The van der Waals surface area contributed by atoms with E-state index < -0.39 is 0 Å². The van der Waals surface area contributed by atoms with E-state index in [0.29, 0.717) is 17.3 Å². The van der Waals surface area contributed by atoms with Gasteiger partial charge in [-0.05, 0) is 31.5 Å². The predicted octanol–water partition coefficient (Wildman–Crippen LogP) is 2.38. The van der Waals surface area contributed by atoms with Gasteiger partial charge in [0, 0.05) is 10.0 Å². The highest BCUT2D eigenvalue weighted by atomic mass is 79.9. The quantitative estimate of drug-likeness (QED) is 0.945. The SMILES string of the molecule is Cc1noc(CNC(=O)c2cc(Br)ccc2C)n1. The Morgan fingerprint density at radius 3 is 2.89 bits per heavy atom. The summed E-state index contributed by atoms with van der Waals surface area (Å²) in [5.41, 5.74) is 1.54. The van der Waals surface area contributed by atoms with Gasteiger partial charge in [0.15, 0.2) is 5.82 Å². The van der Waals surface area contributed by atoms with Crippen molar-refractivity contribution >= 4 is 21.8 Å². The molecule has 6 heteroatoms. The molecule has 2 rings (SSSR count). The highest BCUT2D eigenvalue weighted by Gasteiger charge is 2.11. The molecule has 1 N–H and O–H groups in total. The highest BCUT2D eigenvalue weighted by molar-refractivity contribution is 9.10. The van der Waals surface area contributed by atoms with Crippen molar-refractivity contribution in [3.8, 4) is 0 Å². The van der Waals surface area contributed by atoms with Gasteiger partial charge in [0.1, 0.15) is 0 Å². The van der Waals surface area contributed by atoms with Crippen LogP contribution in [0.1, 0.15) is 27.6 Å². The maximum atomic E-state index is 12.0. The van der Waals surface area contributed by atoms with E-state index in [-0.39, 0.29) is 12.5 Å². The monoisotopic (exact) mass is 309 g/mol. The molecule has 1 amide bonds. The van der Waals surface area contributed by atoms with Crippen LogP contribution in [-0.4, -0.2) is 16.0 Å². The number of hydrogen-bond acceptors (Lipinski definition) is 4. The second-order valence-corrected chi connectivity index (χ2v) is 4.79. The molecule has 1 aromatic heterocycles. The second kappa shape index (κ2) is 5.30. The zero-order valence-electron chi connectivity index (χ0n) is 10.0. The molecule has 0 fully saturated rings. The smallest absolute Gasteiger partial charge is 0.252 e. The van der Waals surface area contributed by atoms with Gasteiger partial charge in [0.2, 0.25) is 5.89 Å². The predicted molar refractivity (Wildman–Crippen MR) is 69.1 cm³/mol. The lowest BCUT2D eigenvalue weighted by atomic mass is 10.1. The zero-order chi connectivity index (χ0) is 13.1. The maximum absolute atomic E-state index is 12.0. The van der Waals surface area contributed by atoms with Crippen molar-refractivity contribution in [2.45, 2.75) is 20.4 Å². The molecule has 0 unspecified atom stereocenters. The standard InChI is InChI=1S/C12H12BrN3O2/c1-7-3-4-9(13)5-10(7)12(17)14-6-11-15-8(2)16-18-11/h3-5H,6H2,1-2H3,(H,14,17). The molecular formula is C12H12BrN3O2. The number of amides is 1. The Bertz CT molecular complexity index is 580. The first-order chi connectivity index (χ1) is 8.56. The van der Waals surface area contributed by atoms with Crippen LogP contribution in [-0.2, 0) is 6.54 Å². The van der Waals surface area contributed by atoms with Crippen molar-refractivity contribution in [2.24, 2.45) is 0 Å². The van der Waals surface area contributed by atoms with Crippen molar-refractivity contribution in [3.05, 3.63) is 45.5 Å². The van der Waals surface area contributed by atoms with Crippen LogP contribution in [0.4, 0.5) is 0 Å². The summed E-state index contributed by atoms with van der Waals surface area (Å²) in [5, 5.41) is 6.39. The van der Waals surface area contributed by atoms with Crippen LogP contribution < -0.4 is 5.32 Å². The van der Waals surface area contributed by atoms with Crippen LogP contribution >= 0.6 is 15.9 Å². The van der Waals surface area contributed by atoms with Gasteiger partial charge in [-0.3, -0.25) is 4.79 Å². The molecule has 0 radical (unpaired) electrons. The molecule has 0 atom stereocenters. The fourth-order valence-electron chi connectivity index (χ4n) is 1.50. The Kier molecular flexibility index (Phi) is 3.76. The van der Waals surface area contributed by atoms with Gasteiger partial charge in [-0.25, -0.2) is 0 Å². The molecular weight excluding hydrogens is 298 g/mol. The first-order valence-corrected chi connectivity index (χ1v) is 6.19. The van der Waals surface area contributed by atoms with Crippen LogP contribution in [0.15, 0.2) is 27.2 Å². The first-order valence-electron chi connectivity index (χ1n) is 5.40. The summed E-state index contributed by atoms with van der Waals surface area (Å²) in [5.74, 6) is 0.788. The van der Waals surface area contributed by atoms with Crippen molar-refractivity contribution < 1.29 is 9.32 Å². The normalized spacial score (nSPS) is 10.4. The molecule has 94 valence electrons. The summed E-state index contributed by atoms with van der Waals surface area (Å²) < 4.78 is 5.79. The van der Waals surface area contributed by atoms with Crippen molar-refractivity contribution in [1.82, 2.24) is 15.5 Å². The zero-order valence-corrected chi connectivity index (χ0v) is 11.6. The fraction of sp³-hybridized carbons (Fsp3) is 0.250. The number of nitrogens with one attached hydrogen (secondary N) is 1. The van der Waals surface area contributed by atoms with Gasteiger partial charge in [0.25, 0.3) is 5.91 Å². The topological polar surface area (TPSA) is 68.0 Å². The number of rotatable bonds is 3. The van der Waals surface area contributed by atoms with E-state index in [1.54, 1.807) is 13.0 Å². The average Bonchev–Trinajstić information content (AvgIpc) is 2.75. The van der Waals surface area contributed by atoms with E-state index >= 15 is 0 Å². The molecule has 1 aromatic carbocycles. The van der Waals surface area contributed by atoms with Crippen LogP contribution in [0.3, 0.4) is 0 Å². The minimum absolute atomic E-state index is 0.162. The number of hydrogen-bond donors (Lipinski definition) is 1. The Hall–Kier alpha value is -1.69. The van der Waals surface area contributed by atoms with Gasteiger partial charge in [0.05, 0.1) is 6.54 Å². The van der Waals surface area contributed by atoms with Crippen molar-refractivity contribution in [2.75, 3.05) is 0 Å². The molecule has 0 aliphatic rings. The molecule has 0 saturated heterocycles. The van der Waals surface area contributed by atoms with Crippen LogP contribution in [0.2, 0.25) is 0 Å². The summed E-state index contributed by atoms with van der Waals surface area (Å²) in [7, 11) is 0. The van der Waals surface area contributed by atoms with E-state index in [4.69, 9.17) is 4.52 Å². The summed E-state index contributed by atoms with van der Waals surface area (Å²) in [4.78, 5) is 16.0. The number of aromatic nitrogens is 2. The second-order valence-electron chi connectivity index (χ2n) is 3.88. The number of carbonyl (C=O) groups is 1. The van der Waals surface area contributed by atoms with E-state index in [9.17, 15) is 4.79 Å². The van der Waals surface area contributed by atoms with Crippen molar-refractivity contribution in [3.63, 3.8) is 0 Å². The molecule has 1 heterocycles. The summed E-state index contributed by atoms with van der Waals surface area (Å²) >= 11 is 3.34. The van der Waals surface area contributed by atoms with Gasteiger partial charge < -0.3 is 9.84 Å². The van der Waals surface area contributed by atoms with Crippen LogP contribution in [0.5, 0.6) is 0 Å². The molecule has 0 aliphatic carbocycles. The Labute approximate surface area is 113 Å². The number of benzene rings is 1. The minimum Gasteiger partial charge on any atom is -0.343 e. The number of aryl methyl sites for hydroxylation is 2. The number of halogens is 1. The van der Waals surface area contributed by atoms with E-state index in [1.807, 2.05) is 19.1 Å². The molecule has 5 nitrogen and oxygen atoms in total. The molecule has 0 bridgehead atoms. The molecule has 2 aromatic rings. The maximum Gasteiger partial charge on any atom is 0.252 e. The number of nitrogens with zero attached hydrogens (tertiary/aromatic N) is 2. The average molecular weight is 310 g/mol. The fourth-order valence-corrected chi connectivity index (χ4v) is 1.86. The molecule has 0 aliphatic heterocycles. The third-order valence-corrected chi connectivity index (χ3v) is 2.91. The highest BCUT2D eigenvalue weighted by Crippen LogP contribution is 2.16. The van der Waals surface area contributed by atoms with E-state index in [1.165, 1.54) is 0 Å². The first kappa shape index (κ1) is 12.8. The lowest BCUT2D eigenvalue weighted by Crippen LogP contribution is -2.23. The Balaban J connectivity index is 2.05. The third-order valence-electron chi connectivity index (χ3n) is 2.41. The van der Waals surface area contributed by atoms with Gasteiger partial charge in [-0.1, -0.05) is 27.2 Å². The lowest BCUT2D eigenvalue weighted by Gasteiger charge is -2.06. The Morgan fingerprint density at radius 1 is 1.44 bits per heavy atom. The van der Waals surface area contributed by atoms with Crippen molar-refractivity contribution in [1.29, 1.82) is 0 Å². The largest absolute Gasteiger partial charge is 0.343 e. The van der Waals surface area contributed by atoms with Gasteiger partial charge >= 0.3 is 0 Å². The van der Waals surface area contributed by atoms with Crippen LogP contribution in [0, 0.1) is 13.8 Å². The van der Waals surface area contributed by atoms with Gasteiger partial charge in [-0.2, -0.15) is 4.98 Å². The van der Waals surface area contributed by atoms with E-state index in [0.717, 1.165) is 10.0 Å². The molecule has 0 spiro atoms. The summed E-state index contributed by atoms with van der Waals surface area (Å²) in [6, 6.07) is 5.56. The van der Waals surface area contributed by atoms with E-state index in [2.05, 4.69) is 31.4 Å². The van der Waals surface area contributed by atoms with Gasteiger partial charge in [-0.15, -0.1) is 0 Å². The summed E-state index contributed by atoms with van der Waals surface area (Å²) in [6.07, 6.45) is 0. The molecule has 0 saturated carbocycles. The Morgan fingerprint density at radius 2 is 2.22 bits per heavy atom. The third kappa shape index (κ3) is 2.95.